The lowest BCUT2D eigenvalue weighted by Gasteiger charge is -2.21. The van der Waals surface area contributed by atoms with Crippen LogP contribution < -0.4 is 5.69 Å². The molecule has 0 radical (unpaired) electrons. The average molecular weight is 256 g/mol. The number of hydrogen-bond donors (Lipinski definition) is 2. The van der Waals surface area contributed by atoms with Crippen molar-refractivity contribution in [1.82, 2.24) is 9.55 Å². The number of imidazole rings is 1. The van der Waals surface area contributed by atoms with Crippen molar-refractivity contribution in [2.75, 3.05) is 6.61 Å². The van der Waals surface area contributed by atoms with E-state index in [1.165, 1.54) is 6.07 Å². The molecule has 0 bridgehead atoms. The quantitative estimate of drug-likeness (QED) is 0.876. The second-order valence-electron chi connectivity index (χ2n) is 5.10. The molecule has 2 N–H and O–H groups in total. The lowest BCUT2D eigenvalue weighted by molar-refractivity contribution is 0.141. The van der Waals surface area contributed by atoms with Gasteiger partial charge >= 0.3 is 5.69 Å². The van der Waals surface area contributed by atoms with Crippen LogP contribution >= 0.6 is 0 Å². The van der Waals surface area contributed by atoms with E-state index < -0.39 is 22.7 Å². The van der Waals surface area contributed by atoms with Crippen molar-refractivity contribution in [3.05, 3.63) is 34.3 Å². The largest absolute Gasteiger partial charge is 0.396 e. The van der Waals surface area contributed by atoms with Gasteiger partial charge in [0.05, 0.1) is 5.52 Å². The second kappa shape index (κ2) is 4.20. The van der Waals surface area contributed by atoms with Crippen LogP contribution in [-0.2, 0) is 6.54 Å². The Morgan fingerprint density at radius 1 is 1.39 bits per heavy atom. The molecule has 0 saturated heterocycles. The lowest BCUT2D eigenvalue weighted by Crippen LogP contribution is -2.29. The molecule has 0 aliphatic carbocycles. The van der Waals surface area contributed by atoms with Crippen molar-refractivity contribution in [2.45, 2.75) is 20.4 Å². The highest BCUT2D eigenvalue weighted by Crippen LogP contribution is 2.22. The summed E-state index contributed by atoms with van der Waals surface area (Å²) < 4.78 is 28.0. The van der Waals surface area contributed by atoms with E-state index in [4.69, 9.17) is 0 Å². The maximum absolute atomic E-state index is 13.7. The summed E-state index contributed by atoms with van der Waals surface area (Å²) in [5.41, 5.74) is -0.970. The molecular weight excluding hydrogens is 242 g/mol. The first-order chi connectivity index (χ1) is 8.35. The zero-order valence-electron chi connectivity index (χ0n) is 10.1. The molecule has 0 aliphatic rings. The van der Waals surface area contributed by atoms with E-state index in [0.717, 1.165) is 10.6 Å². The summed E-state index contributed by atoms with van der Waals surface area (Å²) in [6.07, 6.45) is 0. The number of halogens is 2. The smallest absolute Gasteiger partial charge is 0.326 e. The molecule has 1 aromatic carbocycles. The Kier molecular flexibility index (Phi) is 2.98. The number of aromatic amines is 1. The monoisotopic (exact) mass is 256 g/mol. The van der Waals surface area contributed by atoms with Crippen LogP contribution in [-0.4, -0.2) is 21.3 Å². The van der Waals surface area contributed by atoms with Gasteiger partial charge in [0.1, 0.15) is 5.52 Å². The third-order valence-electron chi connectivity index (χ3n) is 2.84. The summed E-state index contributed by atoms with van der Waals surface area (Å²) in [4.78, 5) is 14.2. The van der Waals surface area contributed by atoms with Gasteiger partial charge in [-0.1, -0.05) is 13.8 Å². The van der Waals surface area contributed by atoms with Crippen molar-refractivity contribution in [2.24, 2.45) is 5.41 Å². The average Bonchev–Trinajstić information content (AvgIpc) is 2.61. The Morgan fingerprint density at radius 2 is 2.06 bits per heavy atom. The summed E-state index contributed by atoms with van der Waals surface area (Å²) in [5, 5.41) is 9.19. The van der Waals surface area contributed by atoms with Crippen molar-refractivity contribution in [3.63, 3.8) is 0 Å². The number of benzene rings is 1. The van der Waals surface area contributed by atoms with Crippen LogP contribution in [0.1, 0.15) is 13.8 Å². The summed E-state index contributed by atoms with van der Waals surface area (Å²) in [6, 6.07) is 2.28. The van der Waals surface area contributed by atoms with Gasteiger partial charge < -0.3 is 10.1 Å². The topological polar surface area (TPSA) is 58.0 Å². The summed E-state index contributed by atoms with van der Waals surface area (Å²) >= 11 is 0. The highest BCUT2D eigenvalue weighted by Gasteiger charge is 2.22. The fourth-order valence-corrected chi connectivity index (χ4v) is 1.82. The van der Waals surface area contributed by atoms with Crippen molar-refractivity contribution >= 4 is 11.0 Å². The first-order valence-electron chi connectivity index (χ1n) is 5.53. The van der Waals surface area contributed by atoms with Crippen LogP contribution in [0.25, 0.3) is 11.0 Å². The molecule has 0 spiro atoms. The molecule has 1 heterocycles. The second-order valence-corrected chi connectivity index (χ2v) is 5.10. The van der Waals surface area contributed by atoms with Crippen LogP contribution in [0.4, 0.5) is 8.78 Å². The van der Waals surface area contributed by atoms with Crippen LogP contribution in [0.2, 0.25) is 0 Å². The van der Waals surface area contributed by atoms with Gasteiger partial charge in [-0.15, -0.1) is 0 Å². The normalized spacial score (nSPS) is 12.3. The molecule has 0 atom stereocenters. The number of aliphatic hydroxyl groups excluding tert-OH is 1. The van der Waals surface area contributed by atoms with E-state index in [0.29, 0.717) is 0 Å². The number of nitrogens with zero attached hydrogens (tertiary/aromatic N) is 1. The van der Waals surface area contributed by atoms with Crippen LogP contribution in [0.15, 0.2) is 16.9 Å². The summed E-state index contributed by atoms with van der Waals surface area (Å²) in [6.45, 7) is 3.40. The zero-order valence-corrected chi connectivity index (χ0v) is 10.1. The number of fused-ring (bicyclic) bond motifs is 1. The number of aliphatic hydroxyl groups is 1. The molecule has 18 heavy (non-hydrogen) atoms. The Morgan fingerprint density at radius 3 is 2.67 bits per heavy atom. The van der Waals surface area contributed by atoms with Crippen LogP contribution in [0.5, 0.6) is 0 Å². The molecule has 98 valence electrons. The molecule has 0 amide bonds. The number of aromatic nitrogens is 2. The predicted octanol–water partition coefficient (Wildman–Crippen LogP) is 1.63. The van der Waals surface area contributed by atoms with Gasteiger partial charge in [0.15, 0.2) is 11.6 Å². The van der Waals surface area contributed by atoms with E-state index >= 15 is 0 Å². The van der Waals surface area contributed by atoms with Crippen LogP contribution in [0.3, 0.4) is 0 Å². The highest BCUT2D eigenvalue weighted by molar-refractivity contribution is 5.76. The molecule has 0 unspecified atom stereocenters. The molecule has 4 nitrogen and oxygen atoms in total. The number of nitrogens with one attached hydrogen (secondary N) is 1. The summed E-state index contributed by atoms with van der Waals surface area (Å²) in [7, 11) is 0. The standard InChI is InChI=1S/C12H14F2N2O2/c1-12(2,6-17)5-16-10-8(15-11(16)18)4-3-7(13)9(10)14/h3-4,17H,5-6H2,1-2H3,(H,15,18). The molecule has 0 fully saturated rings. The minimum Gasteiger partial charge on any atom is -0.396 e. The van der Waals surface area contributed by atoms with E-state index in [1.807, 2.05) is 0 Å². The van der Waals surface area contributed by atoms with Gasteiger partial charge in [-0.05, 0) is 12.1 Å². The zero-order chi connectivity index (χ0) is 13.5. The molecule has 2 rings (SSSR count). The van der Waals surface area contributed by atoms with E-state index in [2.05, 4.69) is 4.98 Å². The Labute approximate surface area is 102 Å². The van der Waals surface area contributed by atoms with Gasteiger partial charge in [-0.2, -0.15) is 0 Å². The number of H-pyrrole nitrogens is 1. The first-order valence-corrected chi connectivity index (χ1v) is 5.53. The molecule has 0 aliphatic heterocycles. The highest BCUT2D eigenvalue weighted by atomic mass is 19.2. The van der Waals surface area contributed by atoms with Gasteiger partial charge in [-0.3, -0.25) is 4.57 Å². The van der Waals surface area contributed by atoms with E-state index in [-0.39, 0.29) is 24.2 Å². The fraction of sp³-hybridized carbons (Fsp3) is 0.417. The maximum Gasteiger partial charge on any atom is 0.326 e. The first kappa shape index (κ1) is 12.8. The molecular formula is C12H14F2N2O2. The Balaban J connectivity index is 2.67. The molecule has 6 heteroatoms. The van der Waals surface area contributed by atoms with Crippen LogP contribution in [0, 0.1) is 17.0 Å². The Bertz CT molecular complexity index is 643. The van der Waals surface area contributed by atoms with Crippen molar-refractivity contribution < 1.29 is 13.9 Å². The third kappa shape index (κ3) is 2.03. The lowest BCUT2D eigenvalue weighted by atomic mass is 9.95. The number of rotatable bonds is 3. The fourth-order valence-electron chi connectivity index (χ4n) is 1.82. The predicted molar refractivity (Wildman–Crippen MR) is 63.3 cm³/mol. The molecule has 2 aromatic rings. The van der Waals surface area contributed by atoms with Crippen molar-refractivity contribution in [3.8, 4) is 0 Å². The van der Waals surface area contributed by atoms with E-state index in [9.17, 15) is 18.7 Å². The van der Waals surface area contributed by atoms with Gasteiger partial charge in [0.2, 0.25) is 0 Å². The number of hydrogen-bond acceptors (Lipinski definition) is 2. The van der Waals surface area contributed by atoms with E-state index in [1.54, 1.807) is 13.8 Å². The van der Waals surface area contributed by atoms with Gasteiger partial charge in [0, 0.05) is 18.6 Å². The SMILES string of the molecule is CC(C)(CO)Cn1c(=O)[nH]c2ccc(F)c(F)c21. The maximum atomic E-state index is 13.7. The molecule has 1 aromatic heterocycles. The minimum absolute atomic E-state index is 0.0958. The minimum atomic E-state index is -1.06. The van der Waals surface area contributed by atoms with Crippen molar-refractivity contribution in [1.29, 1.82) is 0 Å². The molecule has 0 saturated carbocycles. The summed E-state index contributed by atoms with van der Waals surface area (Å²) in [5.74, 6) is -2.06. The van der Waals surface area contributed by atoms with Gasteiger partial charge in [-0.25, -0.2) is 13.6 Å². The Hall–Kier alpha value is -1.69. The third-order valence-corrected chi connectivity index (χ3v) is 2.84. The van der Waals surface area contributed by atoms with Gasteiger partial charge in [0.25, 0.3) is 0 Å².